The summed E-state index contributed by atoms with van der Waals surface area (Å²) in [7, 11) is 0. The van der Waals surface area contributed by atoms with Gasteiger partial charge in [-0.3, -0.25) is 0 Å². The predicted octanol–water partition coefficient (Wildman–Crippen LogP) is 4.37. The van der Waals surface area contributed by atoms with Gasteiger partial charge in [-0.1, -0.05) is 37.2 Å². The molecule has 0 atom stereocenters. The second-order valence-electron chi connectivity index (χ2n) is 6.68. The Bertz CT molecular complexity index is 919. The molecule has 3 aromatic rings. The number of hydrogen-bond donors (Lipinski definition) is 2. The third-order valence-electron chi connectivity index (χ3n) is 4.09. The summed E-state index contributed by atoms with van der Waals surface area (Å²) in [5.41, 5.74) is 2.54. The molecular formula is C21H24N4O3. The molecule has 2 aromatic carbocycles. The van der Waals surface area contributed by atoms with E-state index in [-0.39, 0.29) is 11.9 Å². The molecule has 0 saturated heterocycles. The molecule has 1 aromatic heterocycles. The topological polar surface area (TPSA) is 89.3 Å². The average Bonchev–Trinajstić information content (AvgIpc) is 3.18. The Balaban J connectivity index is 1.45. The highest BCUT2D eigenvalue weighted by atomic mass is 16.5. The molecule has 0 radical (unpaired) electrons. The number of hydrogen-bond acceptors (Lipinski definition) is 5. The Morgan fingerprint density at radius 2 is 1.89 bits per heavy atom. The van der Waals surface area contributed by atoms with E-state index in [1.807, 2.05) is 57.2 Å². The molecule has 0 unspecified atom stereocenters. The first-order chi connectivity index (χ1) is 13.5. The number of urea groups is 1. The highest BCUT2D eigenvalue weighted by molar-refractivity contribution is 5.89. The number of ether oxygens (including phenoxy) is 1. The van der Waals surface area contributed by atoms with E-state index in [0.29, 0.717) is 30.6 Å². The summed E-state index contributed by atoms with van der Waals surface area (Å²) in [4.78, 5) is 16.4. The van der Waals surface area contributed by atoms with Gasteiger partial charge < -0.3 is 19.9 Å². The minimum Gasteiger partial charge on any atom is -0.491 e. The molecule has 7 nitrogen and oxygen atoms in total. The standard InChI is InChI=1S/C21H24N4O3/c1-14(2)19-24-20(28-25-19)16-8-10-17(11-9-16)23-21(26)22-12-13-27-18-7-5-4-6-15(18)3/h4-11,14H,12-13H2,1-3H3,(H2,22,23,26). The van der Waals surface area contributed by atoms with Gasteiger partial charge in [0, 0.05) is 17.2 Å². The number of aromatic nitrogens is 2. The minimum atomic E-state index is -0.291. The van der Waals surface area contributed by atoms with Gasteiger partial charge in [-0.05, 0) is 42.8 Å². The molecule has 28 heavy (non-hydrogen) atoms. The van der Waals surface area contributed by atoms with Gasteiger partial charge >= 0.3 is 6.03 Å². The van der Waals surface area contributed by atoms with Crippen molar-refractivity contribution >= 4 is 11.7 Å². The van der Waals surface area contributed by atoms with Crippen LogP contribution in [0.3, 0.4) is 0 Å². The molecule has 0 aliphatic heterocycles. The van der Waals surface area contributed by atoms with Crippen LogP contribution >= 0.6 is 0 Å². The van der Waals surface area contributed by atoms with Gasteiger partial charge in [0.05, 0.1) is 6.54 Å². The molecule has 2 N–H and O–H groups in total. The van der Waals surface area contributed by atoms with Crippen LogP contribution in [-0.4, -0.2) is 29.3 Å². The van der Waals surface area contributed by atoms with E-state index in [1.54, 1.807) is 12.1 Å². The first-order valence-corrected chi connectivity index (χ1v) is 9.20. The van der Waals surface area contributed by atoms with Gasteiger partial charge in [-0.25, -0.2) is 4.79 Å². The number of aryl methyl sites for hydroxylation is 1. The van der Waals surface area contributed by atoms with Crippen LogP contribution in [0.25, 0.3) is 11.5 Å². The van der Waals surface area contributed by atoms with Crippen molar-refractivity contribution in [2.45, 2.75) is 26.7 Å². The van der Waals surface area contributed by atoms with E-state index < -0.39 is 0 Å². The first-order valence-electron chi connectivity index (χ1n) is 9.20. The highest BCUT2D eigenvalue weighted by Gasteiger charge is 2.11. The van der Waals surface area contributed by atoms with Gasteiger partial charge in [0.15, 0.2) is 5.82 Å². The monoisotopic (exact) mass is 380 g/mol. The van der Waals surface area contributed by atoms with E-state index in [0.717, 1.165) is 16.9 Å². The highest BCUT2D eigenvalue weighted by Crippen LogP contribution is 2.21. The Hall–Kier alpha value is -3.35. The lowest BCUT2D eigenvalue weighted by Gasteiger charge is -2.10. The van der Waals surface area contributed by atoms with Crippen molar-refractivity contribution in [3.8, 4) is 17.2 Å². The van der Waals surface area contributed by atoms with E-state index in [4.69, 9.17) is 9.26 Å². The zero-order valence-corrected chi connectivity index (χ0v) is 16.2. The number of para-hydroxylation sites is 1. The largest absolute Gasteiger partial charge is 0.491 e. The maximum atomic E-state index is 12.0. The van der Waals surface area contributed by atoms with Gasteiger partial charge in [0.25, 0.3) is 5.89 Å². The van der Waals surface area contributed by atoms with Gasteiger partial charge in [-0.15, -0.1) is 0 Å². The molecule has 0 aliphatic carbocycles. The maximum Gasteiger partial charge on any atom is 0.319 e. The van der Waals surface area contributed by atoms with Gasteiger partial charge in [0.1, 0.15) is 12.4 Å². The summed E-state index contributed by atoms with van der Waals surface area (Å²) < 4.78 is 10.9. The van der Waals surface area contributed by atoms with E-state index in [9.17, 15) is 4.79 Å². The summed E-state index contributed by atoms with van der Waals surface area (Å²) in [6.07, 6.45) is 0. The van der Waals surface area contributed by atoms with Crippen molar-refractivity contribution in [3.05, 3.63) is 59.9 Å². The van der Waals surface area contributed by atoms with Crippen LogP contribution in [0.4, 0.5) is 10.5 Å². The van der Waals surface area contributed by atoms with Crippen LogP contribution in [0.2, 0.25) is 0 Å². The first kappa shape index (κ1) is 19.4. The third-order valence-corrected chi connectivity index (χ3v) is 4.09. The predicted molar refractivity (Wildman–Crippen MR) is 108 cm³/mol. The van der Waals surface area contributed by atoms with Crippen LogP contribution in [-0.2, 0) is 0 Å². The summed E-state index contributed by atoms with van der Waals surface area (Å²) in [6.45, 7) is 6.79. The van der Waals surface area contributed by atoms with Gasteiger partial charge in [0.2, 0.25) is 0 Å². The van der Waals surface area contributed by atoms with Crippen molar-refractivity contribution in [3.63, 3.8) is 0 Å². The normalized spacial score (nSPS) is 10.7. The van der Waals surface area contributed by atoms with Crippen LogP contribution in [0, 0.1) is 6.92 Å². The summed E-state index contributed by atoms with van der Waals surface area (Å²) in [5, 5.41) is 9.50. The van der Waals surface area contributed by atoms with E-state index in [1.165, 1.54) is 0 Å². The molecule has 7 heteroatoms. The number of anilines is 1. The van der Waals surface area contributed by atoms with Crippen molar-refractivity contribution in [1.82, 2.24) is 15.5 Å². The molecule has 3 rings (SSSR count). The quantitative estimate of drug-likeness (QED) is 0.594. The second-order valence-corrected chi connectivity index (χ2v) is 6.68. The lowest BCUT2D eigenvalue weighted by Crippen LogP contribution is -2.32. The lowest BCUT2D eigenvalue weighted by atomic mass is 10.2. The molecule has 2 amide bonds. The Morgan fingerprint density at radius 1 is 1.14 bits per heavy atom. The minimum absolute atomic E-state index is 0.205. The molecule has 146 valence electrons. The Labute approximate surface area is 164 Å². The van der Waals surface area contributed by atoms with Crippen LogP contribution in [0.5, 0.6) is 5.75 Å². The summed E-state index contributed by atoms with van der Waals surface area (Å²) in [6, 6.07) is 14.7. The fourth-order valence-corrected chi connectivity index (χ4v) is 2.50. The third kappa shape index (κ3) is 5.09. The molecule has 0 saturated carbocycles. The van der Waals surface area contributed by atoms with Crippen LogP contribution in [0.15, 0.2) is 53.1 Å². The molecule has 0 spiro atoms. The Kier molecular flexibility index (Phi) is 6.26. The van der Waals surface area contributed by atoms with Gasteiger partial charge in [-0.2, -0.15) is 4.98 Å². The molecule has 1 heterocycles. The molecule has 0 aliphatic rings. The smallest absolute Gasteiger partial charge is 0.319 e. The summed E-state index contributed by atoms with van der Waals surface area (Å²) >= 11 is 0. The van der Waals surface area contributed by atoms with Crippen molar-refractivity contribution in [2.75, 3.05) is 18.5 Å². The molecule has 0 bridgehead atoms. The second kappa shape index (κ2) is 9.03. The number of amides is 2. The summed E-state index contributed by atoms with van der Waals surface area (Å²) in [5.74, 6) is 2.16. The molecular weight excluding hydrogens is 356 g/mol. The number of nitrogens with one attached hydrogen (secondary N) is 2. The SMILES string of the molecule is Cc1ccccc1OCCNC(=O)Nc1ccc(-c2nc(C(C)C)no2)cc1. The number of carbonyl (C=O) groups excluding carboxylic acids is 1. The fourth-order valence-electron chi connectivity index (χ4n) is 2.50. The zero-order valence-electron chi connectivity index (χ0n) is 16.2. The van der Waals surface area contributed by atoms with Crippen molar-refractivity contribution < 1.29 is 14.1 Å². The van der Waals surface area contributed by atoms with Crippen molar-refractivity contribution in [1.29, 1.82) is 0 Å². The lowest BCUT2D eigenvalue weighted by molar-refractivity contribution is 0.247. The number of rotatable bonds is 7. The number of nitrogens with zero attached hydrogens (tertiary/aromatic N) is 2. The average molecular weight is 380 g/mol. The number of carbonyl (C=O) groups is 1. The zero-order chi connectivity index (χ0) is 19.9. The molecule has 0 fully saturated rings. The Morgan fingerprint density at radius 3 is 2.57 bits per heavy atom. The van der Waals surface area contributed by atoms with Crippen molar-refractivity contribution in [2.24, 2.45) is 0 Å². The fraction of sp³-hybridized carbons (Fsp3) is 0.286. The van der Waals surface area contributed by atoms with Crippen LogP contribution < -0.4 is 15.4 Å². The maximum absolute atomic E-state index is 12.0. The van der Waals surface area contributed by atoms with E-state index >= 15 is 0 Å². The van der Waals surface area contributed by atoms with Crippen LogP contribution in [0.1, 0.15) is 31.2 Å². The van der Waals surface area contributed by atoms with E-state index in [2.05, 4.69) is 20.8 Å². The number of benzene rings is 2.